The van der Waals surface area contributed by atoms with Crippen molar-refractivity contribution < 1.29 is 18.7 Å². The van der Waals surface area contributed by atoms with Crippen LogP contribution in [0.15, 0.2) is 18.2 Å². The SMILES string of the molecule is COC(=O)c1ccc(NCC(=O)N2CCCC2)c(F)c1. The molecule has 0 aliphatic carbocycles. The maximum atomic E-state index is 13.8. The maximum Gasteiger partial charge on any atom is 0.337 e. The summed E-state index contributed by atoms with van der Waals surface area (Å²) in [6.45, 7) is 1.59. The number of esters is 1. The fraction of sp³-hybridized carbons (Fsp3) is 0.429. The van der Waals surface area contributed by atoms with Crippen molar-refractivity contribution in [1.29, 1.82) is 0 Å². The Hall–Kier alpha value is -2.11. The molecule has 1 N–H and O–H groups in total. The minimum atomic E-state index is -0.594. The fourth-order valence-corrected chi connectivity index (χ4v) is 2.15. The van der Waals surface area contributed by atoms with Crippen LogP contribution in [-0.4, -0.2) is 43.5 Å². The van der Waals surface area contributed by atoms with Crippen LogP contribution in [-0.2, 0) is 9.53 Å². The molecule has 1 aliphatic rings. The summed E-state index contributed by atoms with van der Waals surface area (Å²) in [6, 6.07) is 3.98. The molecular formula is C14H17FN2O3. The summed E-state index contributed by atoms with van der Waals surface area (Å²) in [6.07, 6.45) is 2.04. The van der Waals surface area contributed by atoms with Crippen LogP contribution >= 0.6 is 0 Å². The van der Waals surface area contributed by atoms with E-state index in [0.29, 0.717) is 0 Å². The summed E-state index contributed by atoms with van der Waals surface area (Å²) in [5.41, 5.74) is 0.339. The lowest BCUT2D eigenvalue weighted by Crippen LogP contribution is -2.33. The van der Waals surface area contributed by atoms with Crippen molar-refractivity contribution in [2.24, 2.45) is 0 Å². The zero-order chi connectivity index (χ0) is 14.5. The highest BCUT2D eigenvalue weighted by Gasteiger charge is 2.18. The molecule has 1 aliphatic heterocycles. The zero-order valence-corrected chi connectivity index (χ0v) is 11.3. The molecule has 0 aromatic heterocycles. The molecule has 20 heavy (non-hydrogen) atoms. The second-order valence-corrected chi connectivity index (χ2v) is 4.63. The first-order valence-electron chi connectivity index (χ1n) is 6.51. The highest BCUT2D eigenvalue weighted by atomic mass is 19.1. The average Bonchev–Trinajstić information content (AvgIpc) is 2.99. The van der Waals surface area contributed by atoms with Crippen LogP contribution < -0.4 is 5.32 Å². The van der Waals surface area contributed by atoms with Crippen molar-refractivity contribution in [3.63, 3.8) is 0 Å². The van der Waals surface area contributed by atoms with Crippen LogP contribution in [0.1, 0.15) is 23.2 Å². The molecule has 1 aromatic rings. The van der Waals surface area contributed by atoms with Crippen LogP contribution in [0.3, 0.4) is 0 Å². The lowest BCUT2D eigenvalue weighted by molar-refractivity contribution is -0.128. The van der Waals surface area contributed by atoms with E-state index in [0.717, 1.165) is 32.0 Å². The van der Waals surface area contributed by atoms with Gasteiger partial charge in [0.05, 0.1) is 24.9 Å². The third-order valence-corrected chi connectivity index (χ3v) is 3.28. The molecule has 5 nitrogen and oxygen atoms in total. The van der Waals surface area contributed by atoms with Gasteiger partial charge >= 0.3 is 5.97 Å². The Morgan fingerprint density at radius 2 is 2.05 bits per heavy atom. The number of methoxy groups -OCH3 is 1. The molecule has 6 heteroatoms. The Morgan fingerprint density at radius 1 is 1.35 bits per heavy atom. The van der Waals surface area contributed by atoms with Gasteiger partial charge in [-0.05, 0) is 31.0 Å². The molecule has 1 heterocycles. The molecule has 0 saturated carbocycles. The first-order chi connectivity index (χ1) is 9.61. The van der Waals surface area contributed by atoms with E-state index >= 15 is 0 Å². The number of hydrogen-bond donors (Lipinski definition) is 1. The van der Waals surface area contributed by atoms with Gasteiger partial charge in [0.15, 0.2) is 0 Å². The summed E-state index contributed by atoms with van der Waals surface area (Å²) in [5, 5.41) is 2.76. The van der Waals surface area contributed by atoms with Crippen LogP contribution in [0, 0.1) is 5.82 Å². The fourth-order valence-electron chi connectivity index (χ4n) is 2.15. The smallest absolute Gasteiger partial charge is 0.337 e. The minimum absolute atomic E-state index is 0.0426. The van der Waals surface area contributed by atoms with Gasteiger partial charge in [-0.15, -0.1) is 0 Å². The van der Waals surface area contributed by atoms with Gasteiger partial charge in [-0.25, -0.2) is 9.18 Å². The molecule has 0 spiro atoms. The van der Waals surface area contributed by atoms with Crippen LogP contribution in [0.2, 0.25) is 0 Å². The first-order valence-corrected chi connectivity index (χ1v) is 6.51. The van der Waals surface area contributed by atoms with Crippen molar-refractivity contribution in [3.8, 4) is 0 Å². The Morgan fingerprint density at radius 3 is 2.65 bits per heavy atom. The van der Waals surface area contributed by atoms with E-state index < -0.39 is 11.8 Å². The van der Waals surface area contributed by atoms with Gasteiger partial charge in [-0.3, -0.25) is 4.79 Å². The largest absolute Gasteiger partial charge is 0.465 e. The summed E-state index contributed by atoms with van der Waals surface area (Å²) in [4.78, 5) is 24.8. The normalized spacial score (nSPS) is 14.2. The number of carbonyl (C=O) groups excluding carboxylic acids is 2. The molecule has 0 unspecified atom stereocenters. The summed E-state index contributed by atoms with van der Waals surface area (Å²) < 4.78 is 18.3. The Kier molecular flexibility index (Phi) is 4.55. The lowest BCUT2D eigenvalue weighted by atomic mass is 10.2. The maximum absolute atomic E-state index is 13.8. The second kappa shape index (κ2) is 6.36. The van der Waals surface area contributed by atoms with Crippen LogP contribution in [0.5, 0.6) is 0 Å². The van der Waals surface area contributed by atoms with E-state index in [2.05, 4.69) is 10.1 Å². The predicted molar refractivity (Wildman–Crippen MR) is 72.0 cm³/mol. The number of hydrogen-bond acceptors (Lipinski definition) is 4. The molecule has 1 fully saturated rings. The van der Waals surface area contributed by atoms with E-state index in [4.69, 9.17) is 0 Å². The Bertz CT molecular complexity index is 513. The van der Waals surface area contributed by atoms with E-state index in [9.17, 15) is 14.0 Å². The van der Waals surface area contributed by atoms with Crippen LogP contribution in [0.4, 0.5) is 10.1 Å². The standard InChI is InChI=1S/C14H17FN2O3/c1-20-14(19)10-4-5-12(11(15)8-10)16-9-13(18)17-6-2-3-7-17/h4-5,8,16H,2-3,6-7,9H2,1H3. The number of nitrogens with one attached hydrogen (secondary N) is 1. The number of ether oxygens (including phenoxy) is 1. The van der Waals surface area contributed by atoms with Gasteiger partial charge in [0, 0.05) is 13.1 Å². The molecule has 1 saturated heterocycles. The average molecular weight is 280 g/mol. The summed E-state index contributed by atoms with van der Waals surface area (Å²) in [7, 11) is 1.24. The van der Waals surface area contributed by atoms with Gasteiger partial charge in [0.2, 0.25) is 5.91 Å². The van der Waals surface area contributed by atoms with E-state index in [1.54, 1.807) is 4.90 Å². The number of likely N-dealkylation sites (tertiary alicyclic amines) is 1. The molecule has 1 amide bonds. The van der Waals surface area contributed by atoms with Gasteiger partial charge in [0.25, 0.3) is 0 Å². The second-order valence-electron chi connectivity index (χ2n) is 4.63. The van der Waals surface area contributed by atoms with Crippen molar-refractivity contribution in [2.75, 3.05) is 32.1 Å². The minimum Gasteiger partial charge on any atom is -0.465 e. The summed E-state index contributed by atoms with van der Waals surface area (Å²) >= 11 is 0. The zero-order valence-electron chi connectivity index (χ0n) is 11.3. The molecule has 0 radical (unpaired) electrons. The van der Waals surface area contributed by atoms with E-state index in [1.165, 1.54) is 19.2 Å². The molecular weight excluding hydrogens is 263 g/mol. The summed E-state index contributed by atoms with van der Waals surface area (Å²) in [5.74, 6) is -1.22. The van der Waals surface area contributed by atoms with Gasteiger partial charge in [-0.2, -0.15) is 0 Å². The number of rotatable bonds is 4. The molecule has 0 bridgehead atoms. The third-order valence-electron chi connectivity index (χ3n) is 3.28. The number of amides is 1. The topological polar surface area (TPSA) is 58.6 Å². The third kappa shape index (κ3) is 3.26. The van der Waals surface area contributed by atoms with E-state index in [-0.39, 0.29) is 23.7 Å². The Labute approximate surface area is 116 Å². The highest BCUT2D eigenvalue weighted by molar-refractivity contribution is 5.90. The molecule has 2 rings (SSSR count). The molecule has 0 atom stereocenters. The van der Waals surface area contributed by atoms with Crippen LogP contribution in [0.25, 0.3) is 0 Å². The monoisotopic (exact) mass is 280 g/mol. The molecule has 1 aromatic carbocycles. The van der Waals surface area contributed by atoms with Crippen molar-refractivity contribution in [3.05, 3.63) is 29.6 Å². The predicted octanol–water partition coefficient (Wildman–Crippen LogP) is 1.65. The number of nitrogens with zero attached hydrogens (tertiary/aromatic N) is 1. The van der Waals surface area contributed by atoms with Gasteiger partial charge < -0.3 is 15.0 Å². The lowest BCUT2D eigenvalue weighted by Gasteiger charge is -2.16. The van der Waals surface area contributed by atoms with Gasteiger partial charge in [-0.1, -0.05) is 0 Å². The molecule has 108 valence electrons. The quantitative estimate of drug-likeness (QED) is 0.852. The number of carbonyl (C=O) groups is 2. The van der Waals surface area contributed by atoms with Crippen molar-refractivity contribution in [2.45, 2.75) is 12.8 Å². The highest BCUT2D eigenvalue weighted by Crippen LogP contribution is 2.16. The van der Waals surface area contributed by atoms with Crippen molar-refractivity contribution >= 4 is 17.6 Å². The first kappa shape index (κ1) is 14.3. The van der Waals surface area contributed by atoms with E-state index in [1.807, 2.05) is 0 Å². The van der Waals surface area contributed by atoms with Crippen molar-refractivity contribution in [1.82, 2.24) is 4.90 Å². The van der Waals surface area contributed by atoms with Gasteiger partial charge in [0.1, 0.15) is 5.82 Å². The number of halogens is 1. The Balaban J connectivity index is 1.96. The number of benzene rings is 1. The number of anilines is 1.